The zero-order chi connectivity index (χ0) is 10.3. The van der Waals surface area contributed by atoms with Crippen molar-refractivity contribution in [3.8, 4) is 0 Å². The highest BCUT2D eigenvalue weighted by atomic mass is 79.9. The van der Waals surface area contributed by atoms with Gasteiger partial charge in [-0.25, -0.2) is 0 Å². The fourth-order valence-corrected chi connectivity index (χ4v) is 3.33. The second-order valence-corrected chi connectivity index (χ2v) is 5.79. The predicted molar refractivity (Wildman–Crippen MR) is 66.1 cm³/mol. The van der Waals surface area contributed by atoms with Crippen LogP contribution in [0.1, 0.15) is 24.8 Å². The van der Waals surface area contributed by atoms with Crippen LogP contribution in [0.25, 0.3) is 0 Å². The van der Waals surface area contributed by atoms with Crippen LogP contribution in [0.3, 0.4) is 0 Å². The molecule has 0 aromatic heterocycles. The van der Waals surface area contributed by atoms with Crippen molar-refractivity contribution in [3.05, 3.63) is 34.3 Å². The van der Waals surface area contributed by atoms with E-state index in [0.29, 0.717) is 5.41 Å². The van der Waals surface area contributed by atoms with E-state index in [4.69, 9.17) is 0 Å². The second kappa shape index (κ2) is 3.60. The summed E-state index contributed by atoms with van der Waals surface area (Å²) in [5, 5.41) is 0. The molecule has 1 nitrogen and oxygen atoms in total. The maximum absolute atomic E-state index is 3.51. The van der Waals surface area contributed by atoms with Gasteiger partial charge in [-0.1, -0.05) is 28.1 Å². The molecular weight excluding hydrogens is 250 g/mol. The van der Waals surface area contributed by atoms with E-state index >= 15 is 0 Å². The first-order chi connectivity index (χ1) is 7.28. The Labute approximate surface area is 99.6 Å². The van der Waals surface area contributed by atoms with E-state index in [-0.39, 0.29) is 0 Å². The molecule has 2 heteroatoms. The standard InChI is InChI=1S/C13H16BrN/c14-12-3-1-11(2-4-12)13-5-8-15(9-6-13)10-7-13/h1-4H,5-10H2. The molecule has 0 amide bonds. The van der Waals surface area contributed by atoms with E-state index in [9.17, 15) is 0 Å². The summed E-state index contributed by atoms with van der Waals surface area (Å²) in [4.78, 5) is 2.60. The van der Waals surface area contributed by atoms with E-state index in [0.717, 1.165) is 0 Å². The molecule has 0 spiro atoms. The predicted octanol–water partition coefficient (Wildman–Crippen LogP) is 3.19. The van der Waals surface area contributed by atoms with Crippen LogP contribution in [-0.4, -0.2) is 24.5 Å². The molecule has 3 aliphatic rings. The first-order valence-corrected chi connectivity index (χ1v) is 6.56. The van der Waals surface area contributed by atoms with E-state index in [1.54, 1.807) is 5.56 Å². The quantitative estimate of drug-likeness (QED) is 0.754. The van der Waals surface area contributed by atoms with Crippen LogP contribution < -0.4 is 0 Å². The highest BCUT2D eigenvalue weighted by molar-refractivity contribution is 9.10. The topological polar surface area (TPSA) is 3.24 Å². The van der Waals surface area contributed by atoms with Gasteiger partial charge in [0.05, 0.1) is 0 Å². The molecule has 0 aliphatic carbocycles. The molecule has 3 heterocycles. The Balaban J connectivity index is 1.94. The van der Waals surface area contributed by atoms with Crippen molar-refractivity contribution >= 4 is 15.9 Å². The molecule has 15 heavy (non-hydrogen) atoms. The number of fused-ring (bicyclic) bond motifs is 3. The van der Waals surface area contributed by atoms with Gasteiger partial charge in [0.15, 0.2) is 0 Å². The maximum atomic E-state index is 3.51. The van der Waals surface area contributed by atoms with Crippen LogP contribution in [0.15, 0.2) is 28.7 Å². The Bertz CT molecular complexity index is 336. The Morgan fingerprint density at radius 1 is 0.933 bits per heavy atom. The number of rotatable bonds is 1. The Hall–Kier alpha value is -0.340. The van der Waals surface area contributed by atoms with E-state index in [1.807, 2.05) is 0 Å². The first-order valence-electron chi connectivity index (χ1n) is 5.77. The summed E-state index contributed by atoms with van der Waals surface area (Å²) >= 11 is 3.51. The van der Waals surface area contributed by atoms with Crippen LogP contribution in [0.4, 0.5) is 0 Å². The zero-order valence-electron chi connectivity index (χ0n) is 8.88. The van der Waals surface area contributed by atoms with Gasteiger partial charge in [0.1, 0.15) is 0 Å². The van der Waals surface area contributed by atoms with Crippen LogP contribution in [0.2, 0.25) is 0 Å². The largest absolute Gasteiger partial charge is 0.303 e. The van der Waals surface area contributed by atoms with Crippen molar-refractivity contribution in [3.63, 3.8) is 0 Å². The smallest absolute Gasteiger partial charge is 0.0175 e. The molecule has 0 N–H and O–H groups in total. The van der Waals surface area contributed by atoms with Gasteiger partial charge in [0, 0.05) is 4.47 Å². The molecular formula is C13H16BrN. The summed E-state index contributed by atoms with van der Waals surface area (Å²) in [5.74, 6) is 0. The van der Waals surface area contributed by atoms with Crippen LogP contribution in [0, 0.1) is 0 Å². The van der Waals surface area contributed by atoms with Gasteiger partial charge < -0.3 is 4.90 Å². The van der Waals surface area contributed by atoms with E-state index < -0.39 is 0 Å². The molecule has 3 aliphatic heterocycles. The van der Waals surface area contributed by atoms with Crippen molar-refractivity contribution < 1.29 is 0 Å². The van der Waals surface area contributed by atoms with Crippen LogP contribution in [-0.2, 0) is 5.41 Å². The normalized spacial score (nSPS) is 34.3. The Morgan fingerprint density at radius 2 is 1.47 bits per heavy atom. The average molecular weight is 266 g/mol. The van der Waals surface area contributed by atoms with Crippen molar-refractivity contribution in [1.82, 2.24) is 4.90 Å². The second-order valence-electron chi connectivity index (χ2n) is 4.88. The van der Waals surface area contributed by atoms with Crippen molar-refractivity contribution in [2.45, 2.75) is 24.7 Å². The van der Waals surface area contributed by atoms with Crippen LogP contribution >= 0.6 is 15.9 Å². The summed E-state index contributed by atoms with van der Waals surface area (Å²) in [6.45, 7) is 3.90. The number of hydrogen-bond donors (Lipinski definition) is 0. The lowest BCUT2D eigenvalue weighted by Crippen LogP contribution is -2.50. The third-order valence-electron chi connectivity index (χ3n) is 4.18. The molecule has 0 saturated carbocycles. The van der Waals surface area contributed by atoms with Crippen LogP contribution in [0.5, 0.6) is 0 Å². The molecule has 80 valence electrons. The number of nitrogens with zero attached hydrogens (tertiary/aromatic N) is 1. The van der Waals surface area contributed by atoms with E-state index in [1.165, 1.54) is 43.4 Å². The fourth-order valence-electron chi connectivity index (χ4n) is 3.06. The molecule has 1 aromatic carbocycles. The summed E-state index contributed by atoms with van der Waals surface area (Å²) in [7, 11) is 0. The minimum Gasteiger partial charge on any atom is -0.303 e. The fraction of sp³-hybridized carbons (Fsp3) is 0.538. The average Bonchev–Trinajstić information content (AvgIpc) is 2.32. The van der Waals surface area contributed by atoms with Crippen molar-refractivity contribution in [2.75, 3.05) is 19.6 Å². The molecule has 3 saturated heterocycles. The van der Waals surface area contributed by atoms with Crippen molar-refractivity contribution in [2.24, 2.45) is 0 Å². The van der Waals surface area contributed by atoms with Gasteiger partial charge in [-0.15, -0.1) is 0 Å². The summed E-state index contributed by atoms with van der Waals surface area (Å²) < 4.78 is 1.19. The van der Waals surface area contributed by atoms with Crippen molar-refractivity contribution in [1.29, 1.82) is 0 Å². The molecule has 1 aromatic rings. The highest BCUT2D eigenvalue weighted by Gasteiger charge is 2.40. The maximum Gasteiger partial charge on any atom is 0.0175 e. The number of piperidine rings is 3. The van der Waals surface area contributed by atoms with Gasteiger partial charge in [-0.3, -0.25) is 0 Å². The number of benzene rings is 1. The molecule has 4 rings (SSSR count). The molecule has 3 fully saturated rings. The van der Waals surface area contributed by atoms with Gasteiger partial charge in [-0.05, 0) is 62.0 Å². The molecule has 0 atom stereocenters. The monoisotopic (exact) mass is 265 g/mol. The summed E-state index contributed by atoms with van der Waals surface area (Å²) in [6, 6.07) is 8.99. The summed E-state index contributed by atoms with van der Waals surface area (Å²) in [5.41, 5.74) is 2.07. The first kappa shape index (κ1) is 9.86. The summed E-state index contributed by atoms with van der Waals surface area (Å²) in [6.07, 6.45) is 4.07. The third kappa shape index (κ3) is 1.64. The lowest BCUT2D eigenvalue weighted by molar-refractivity contribution is 0.0818. The minimum atomic E-state index is 0.509. The zero-order valence-corrected chi connectivity index (χ0v) is 10.5. The molecule has 0 radical (unpaired) electrons. The van der Waals surface area contributed by atoms with Gasteiger partial charge in [0.25, 0.3) is 0 Å². The third-order valence-corrected chi connectivity index (χ3v) is 4.71. The lowest BCUT2D eigenvalue weighted by atomic mass is 9.67. The van der Waals surface area contributed by atoms with Gasteiger partial charge in [0.2, 0.25) is 0 Å². The number of halogens is 1. The molecule has 0 unspecified atom stereocenters. The Morgan fingerprint density at radius 3 is 2.00 bits per heavy atom. The van der Waals surface area contributed by atoms with E-state index in [2.05, 4.69) is 45.1 Å². The highest BCUT2D eigenvalue weighted by Crippen LogP contribution is 2.42. The number of hydrogen-bond acceptors (Lipinski definition) is 1. The molecule has 2 bridgehead atoms. The van der Waals surface area contributed by atoms with Gasteiger partial charge in [-0.2, -0.15) is 0 Å². The lowest BCUT2D eigenvalue weighted by Gasteiger charge is -2.48. The SMILES string of the molecule is Brc1ccc(C23CCN(CC2)CC3)cc1. The van der Waals surface area contributed by atoms with Gasteiger partial charge >= 0.3 is 0 Å². The Kier molecular flexibility index (Phi) is 2.37. The minimum absolute atomic E-state index is 0.509.